The first kappa shape index (κ1) is 13.2. The van der Waals surface area contributed by atoms with Gasteiger partial charge in [-0.05, 0) is 12.8 Å². The summed E-state index contributed by atoms with van der Waals surface area (Å²) >= 11 is 0. The number of imidazole rings is 1. The molecule has 2 N–H and O–H groups in total. The van der Waals surface area contributed by atoms with E-state index in [0.29, 0.717) is 19.3 Å². The molecule has 0 radical (unpaired) electrons. The minimum atomic E-state index is -0.823. The second-order valence-electron chi connectivity index (χ2n) is 3.73. The largest absolute Gasteiger partial charge is 0.481 e. The lowest BCUT2D eigenvalue weighted by molar-refractivity contribution is -0.137. The number of carboxylic acid groups (broad SMARTS) is 1. The number of hydrogen-bond acceptors (Lipinski definition) is 3. The van der Waals surface area contributed by atoms with Gasteiger partial charge in [0.25, 0.3) is 0 Å². The minimum Gasteiger partial charge on any atom is -0.481 e. The molecule has 0 aliphatic rings. The molecule has 0 saturated heterocycles. The molecule has 0 aliphatic carbocycles. The molecule has 1 unspecified atom stereocenters. The quantitative estimate of drug-likeness (QED) is 0.747. The molecule has 0 spiro atoms. The third kappa shape index (κ3) is 4.67. The first-order valence-electron chi connectivity index (χ1n) is 5.62. The van der Waals surface area contributed by atoms with E-state index in [1.165, 1.54) is 0 Å². The van der Waals surface area contributed by atoms with Crippen molar-refractivity contribution >= 4 is 11.9 Å². The van der Waals surface area contributed by atoms with Gasteiger partial charge in [0.05, 0.1) is 6.33 Å². The standard InChI is InChI=1S/C11H17N3O3/c1-2-10(15)13-9(4-3-5-11(16)17)14-7-6-12-8-14/h6-9H,2-5H2,1H3,(H,13,15)(H,16,17). The first-order valence-corrected chi connectivity index (χ1v) is 5.62. The summed E-state index contributed by atoms with van der Waals surface area (Å²) in [5.74, 6) is -0.879. The van der Waals surface area contributed by atoms with Crippen LogP contribution in [0.3, 0.4) is 0 Å². The van der Waals surface area contributed by atoms with Crippen molar-refractivity contribution in [1.82, 2.24) is 14.9 Å². The highest BCUT2D eigenvalue weighted by Gasteiger charge is 2.12. The van der Waals surface area contributed by atoms with Gasteiger partial charge < -0.3 is 15.0 Å². The van der Waals surface area contributed by atoms with Gasteiger partial charge in [0.15, 0.2) is 0 Å². The maximum atomic E-state index is 11.4. The van der Waals surface area contributed by atoms with Crippen LogP contribution >= 0.6 is 0 Å². The normalized spacial score (nSPS) is 12.1. The van der Waals surface area contributed by atoms with Crippen LogP contribution in [0.4, 0.5) is 0 Å². The molecule has 1 heterocycles. The molecule has 1 atom stereocenters. The Balaban J connectivity index is 2.53. The monoisotopic (exact) mass is 239 g/mol. The fraction of sp³-hybridized carbons (Fsp3) is 0.545. The van der Waals surface area contributed by atoms with Crippen molar-refractivity contribution < 1.29 is 14.7 Å². The first-order chi connectivity index (χ1) is 8.13. The van der Waals surface area contributed by atoms with E-state index in [9.17, 15) is 9.59 Å². The van der Waals surface area contributed by atoms with Crippen LogP contribution in [0.2, 0.25) is 0 Å². The Bertz CT molecular complexity index is 362. The van der Waals surface area contributed by atoms with E-state index in [0.717, 1.165) is 0 Å². The zero-order chi connectivity index (χ0) is 12.7. The van der Waals surface area contributed by atoms with Crippen LogP contribution in [0.1, 0.15) is 38.8 Å². The SMILES string of the molecule is CCC(=O)NC(CCCC(=O)O)n1ccnc1. The van der Waals surface area contributed by atoms with Crippen molar-refractivity contribution in [1.29, 1.82) is 0 Å². The van der Waals surface area contributed by atoms with Crippen LogP contribution in [-0.2, 0) is 9.59 Å². The molecule has 94 valence electrons. The minimum absolute atomic E-state index is 0.0565. The van der Waals surface area contributed by atoms with E-state index in [-0.39, 0.29) is 18.5 Å². The van der Waals surface area contributed by atoms with E-state index in [1.54, 1.807) is 30.2 Å². The molecule has 6 nitrogen and oxygen atoms in total. The van der Waals surface area contributed by atoms with Crippen molar-refractivity contribution in [2.24, 2.45) is 0 Å². The molecule has 1 amide bonds. The highest BCUT2D eigenvalue weighted by Crippen LogP contribution is 2.12. The predicted octanol–water partition coefficient (Wildman–Crippen LogP) is 1.16. The van der Waals surface area contributed by atoms with Gasteiger partial charge in [0, 0.05) is 25.2 Å². The van der Waals surface area contributed by atoms with E-state index in [4.69, 9.17) is 5.11 Å². The Morgan fingerprint density at radius 3 is 2.82 bits per heavy atom. The smallest absolute Gasteiger partial charge is 0.303 e. The Kier molecular flexibility index (Phi) is 5.19. The highest BCUT2D eigenvalue weighted by molar-refractivity contribution is 5.75. The number of hydrogen-bond donors (Lipinski definition) is 2. The van der Waals surface area contributed by atoms with E-state index in [1.807, 2.05) is 0 Å². The topological polar surface area (TPSA) is 84.2 Å². The molecule has 17 heavy (non-hydrogen) atoms. The van der Waals surface area contributed by atoms with Crippen LogP contribution in [0.15, 0.2) is 18.7 Å². The number of rotatable bonds is 7. The van der Waals surface area contributed by atoms with Gasteiger partial charge in [-0.3, -0.25) is 9.59 Å². The second kappa shape index (κ2) is 6.67. The molecule has 0 aliphatic heterocycles. The van der Waals surface area contributed by atoms with Gasteiger partial charge in [0.2, 0.25) is 5.91 Å². The number of nitrogens with zero attached hydrogens (tertiary/aromatic N) is 2. The fourth-order valence-electron chi connectivity index (χ4n) is 1.48. The van der Waals surface area contributed by atoms with Gasteiger partial charge in [-0.15, -0.1) is 0 Å². The van der Waals surface area contributed by atoms with E-state index in [2.05, 4.69) is 10.3 Å². The molecule has 0 bridgehead atoms. The van der Waals surface area contributed by atoms with E-state index >= 15 is 0 Å². The lowest BCUT2D eigenvalue weighted by Crippen LogP contribution is -2.31. The molecule has 1 aromatic rings. The third-order valence-corrected chi connectivity index (χ3v) is 2.40. The zero-order valence-electron chi connectivity index (χ0n) is 9.80. The van der Waals surface area contributed by atoms with Crippen molar-refractivity contribution in [2.75, 3.05) is 0 Å². The maximum Gasteiger partial charge on any atom is 0.303 e. The highest BCUT2D eigenvalue weighted by atomic mass is 16.4. The summed E-state index contributed by atoms with van der Waals surface area (Å²) in [6.07, 6.45) is 6.38. The molecular weight excluding hydrogens is 222 g/mol. The number of amides is 1. The molecule has 0 aromatic carbocycles. The summed E-state index contributed by atoms with van der Waals surface area (Å²) in [5, 5.41) is 11.4. The Morgan fingerprint density at radius 1 is 1.53 bits per heavy atom. The average molecular weight is 239 g/mol. The fourth-order valence-corrected chi connectivity index (χ4v) is 1.48. The Hall–Kier alpha value is -1.85. The molecule has 0 saturated carbocycles. The van der Waals surface area contributed by atoms with Gasteiger partial charge in [-0.1, -0.05) is 6.92 Å². The summed E-state index contributed by atoms with van der Waals surface area (Å²) in [4.78, 5) is 25.7. The molecule has 1 rings (SSSR count). The number of carbonyl (C=O) groups is 2. The molecular formula is C11H17N3O3. The predicted molar refractivity (Wildman–Crippen MR) is 61.2 cm³/mol. The lowest BCUT2D eigenvalue weighted by Gasteiger charge is -2.19. The summed E-state index contributed by atoms with van der Waals surface area (Å²) in [6, 6.07) is 0. The summed E-state index contributed by atoms with van der Waals surface area (Å²) < 4.78 is 1.77. The van der Waals surface area contributed by atoms with Crippen molar-refractivity contribution in [3.63, 3.8) is 0 Å². The number of aliphatic carboxylic acids is 1. The Labute approximate surface area is 99.7 Å². The molecule has 0 fully saturated rings. The second-order valence-corrected chi connectivity index (χ2v) is 3.73. The maximum absolute atomic E-state index is 11.4. The number of carboxylic acids is 1. The number of carbonyl (C=O) groups excluding carboxylic acids is 1. The summed E-state index contributed by atoms with van der Waals surface area (Å²) in [6.45, 7) is 1.78. The number of nitrogens with one attached hydrogen (secondary N) is 1. The molecule has 1 aromatic heterocycles. The van der Waals surface area contributed by atoms with Crippen LogP contribution in [0.25, 0.3) is 0 Å². The summed E-state index contributed by atoms with van der Waals surface area (Å²) in [5.41, 5.74) is 0. The van der Waals surface area contributed by atoms with Crippen molar-refractivity contribution in [3.8, 4) is 0 Å². The van der Waals surface area contributed by atoms with Gasteiger partial charge in [-0.2, -0.15) is 0 Å². The van der Waals surface area contributed by atoms with Crippen molar-refractivity contribution in [3.05, 3.63) is 18.7 Å². The van der Waals surface area contributed by atoms with Crippen LogP contribution in [-0.4, -0.2) is 26.5 Å². The number of aromatic nitrogens is 2. The van der Waals surface area contributed by atoms with Crippen LogP contribution < -0.4 is 5.32 Å². The van der Waals surface area contributed by atoms with Crippen LogP contribution in [0, 0.1) is 0 Å². The van der Waals surface area contributed by atoms with Crippen molar-refractivity contribution in [2.45, 2.75) is 38.8 Å². The van der Waals surface area contributed by atoms with Gasteiger partial charge >= 0.3 is 5.97 Å². The zero-order valence-corrected chi connectivity index (χ0v) is 9.80. The molecule has 6 heteroatoms. The van der Waals surface area contributed by atoms with E-state index < -0.39 is 5.97 Å². The Morgan fingerprint density at radius 2 is 2.29 bits per heavy atom. The van der Waals surface area contributed by atoms with Gasteiger partial charge in [-0.25, -0.2) is 4.98 Å². The van der Waals surface area contributed by atoms with Gasteiger partial charge in [0.1, 0.15) is 6.17 Å². The average Bonchev–Trinajstić information content (AvgIpc) is 2.80. The van der Waals surface area contributed by atoms with Crippen LogP contribution in [0.5, 0.6) is 0 Å². The lowest BCUT2D eigenvalue weighted by atomic mass is 10.2. The summed E-state index contributed by atoms with van der Waals surface area (Å²) in [7, 11) is 0. The third-order valence-electron chi connectivity index (χ3n) is 2.40.